The highest BCUT2D eigenvalue weighted by atomic mass is 16.2. The third kappa shape index (κ3) is 4.38. The molecule has 1 saturated heterocycles. The van der Waals surface area contributed by atoms with E-state index in [0.29, 0.717) is 11.4 Å². The van der Waals surface area contributed by atoms with Crippen LogP contribution in [0, 0.1) is 0 Å². The number of anilines is 3. The summed E-state index contributed by atoms with van der Waals surface area (Å²) in [6, 6.07) is 20.9. The highest BCUT2D eigenvalue weighted by molar-refractivity contribution is 6.44. The molecule has 0 bridgehead atoms. The van der Waals surface area contributed by atoms with Gasteiger partial charge in [-0.05, 0) is 42.8 Å². The van der Waals surface area contributed by atoms with E-state index in [9.17, 15) is 9.59 Å². The van der Waals surface area contributed by atoms with Crippen LogP contribution in [0.3, 0.4) is 0 Å². The van der Waals surface area contributed by atoms with Crippen LogP contribution in [0.15, 0.2) is 66.7 Å². The van der Waals surface area contributed by atoms with Gasteiger partial charge in [-0.25, -0.2) is 0 Å². The Kier molecular flexibility index (Phi) is 5.44. The van der Waals surface area contributed by atoms with Gasteiger partial charge in [0, 0.05) is 48.6 Å². The first-order chi connectivity index (χ1) is 14.1. The molecule has 4 rings (SSSR count). The molecular formula is C23H24N4O2. The average molecular weight is 388 g/mol. The van der Waals surface area contributed by atoms with Gasteiger partial charge in [-0.1, -0.05) is 36.4 Å². The minimum Gasteiger partial charge on any atom is -0.369 e. The van der Waals surface area contributed by atoms with Crippen molar-refractivity contribution in [1.82, 2.24) is 4.90 Å². The lowest BCUT2D eigenvalue weighted by Gasteiger charge is -2.34. The molecule has 0 spiro atoms. The van der Waals surface area contributed by atoms with Gasteiger partial charge in [-0.3, -0.25) is 9.59 Å². The summed E-state index contributed by atoms with van der Waals surface area (Å²) in [7, 11) is 2.12. The maximum absolute atomic E-state index is 12.4. The molecule has 6 heteroatoms. The fourth-order valence-corrected chi connectivity index (χ4v) is 3.52. The van der Waals surface area contributed by atoms with E-state index in [-0.39, 0.29) is 0 Å². The van der Waals surface area contributed by atoms with E-state index in [1.807, 2.05) is 60.7 Å². The molecule has 1 fully saturated rings. The number of likely N-dealkylation sites (N-methyl/N-ethyl adjacent to an activating group) is 1. The molecule has 148 valence electrons. The quantitative estimate of drug-likeness (QED) is 0.677. The van der Waals surface area contributed by atoms with Gasteiger partial charge in [0.25, 0.3) is 0 Å². The number of nitrogens with zero attached hydrogens (tertiary/aromatic N) is 2. The van der Waals surface area contributed by atoms with Crippen LogP contribution in [0.4, 0.5) is 17.1 Å². The third-order valence-corrected chi connectivity index (χ3v) is 5.24. The third-order valence-electron chi connectivity index (χ3n) is 5.24. The lowest BCUT2D eigenvalue weighted by Crippen LogP contribution is -2.44. The zero-order chi connectivity index (χ0) is 20.2. The fraction of sp³-hybridized carbons (Fsp3) is 0.217. The van der Waals surface area contributed by atoms with Crippen LogP contribution >= 0.6 is 0 Å². The number of hydrogen-bond donors (Lipinski definition) is 2. The highest BCUT2D eigenvalue weighted by Gasteiger charge is 2.17. The number of rotatable bonds is 3. The summed E-state index contributed by atoms with van der Waals surface area (Å²) in [4.78, 5) is 29.3. The molecule has 29 heavy (non-hydrogen) atoms. The van der Waals surface area contributed by atoms with Crippen molar-refractivity contribution in [3.05, 3.63) is 66.7 Å². The van der Waals surface area contributed by atoms with Crippen LogP contribution in [0.25, 0.3) is 10.8 Å². The summed E-state index contributed by atoms with van der Waals surface area (Å²) in [6.07, 6.45) is 0. The van der Waals surface area contributed by atoms with E-state index < -0.39 is 11.8 Å². The van der Waals surface area contributed by atoms with Gasteiger partial charge in [-0.2, -0.15) is 0 Å². The smallest absolute Gasteiger partial charge is 0.314 e. The van der Waals surface area contributed by atoms with Crippen LogP contribution in [-0.2, 0) is 9.59 Å². The molecule has 1 heterocycles. The van der Waals surface area contributed by atoms with Gasteiger partial charge >= 0.3 is 11.8 Å². The summed E-state index contributed by atoms with van der Waals surface area (Å²) in [5.41, 5.74) is 2.34. The van der Waals surface area contributed by atoms with Crippen LogP contribution in [0.2, 0.25) is 0 Å². The van der Waals surface area contributed by atoms with Gasteiger partial charge in [0.05, 0.1) is 0 Å². The maximum atomic E-state index is 12.4. The Morgan fingerprint density at radius 2 is 1.41 bits per heavy atom. The van der Waals surface area contributed by atoms with E-state index in [1.54, 1.807) is 6.07 Å². The Labute approximate surface area is 170 Å². The summed E-state index contributed by atoms with van der Waals surface area (Å²) < 4.78 is 0. The minimum absolute atomic E-state index is 0.598. The lowest BCUT2D eigenvalue weighted by atomic mass is 10.1. The molecule has 0 aromatic heterocycles. The van der Waals surface area contributed by atoms with Gasteiger partial charge in [-0.15, -0.1) is 0 Å². The van der Waals surface area contributed by atoms with Crippen molar-refractivity contribution in [3.63, 3.8) is 0 Å². The van der Waals surface area contributed by atoms with Crippen molar-refractivity contribution in [2.24, 2.45) is 0 Å². The average Bonchev–Trinajstić information content (AvgIpc) is 2.75. The van der Waals surface area contributed by atoms with E-state index in [0.717, 1.165) is 42.6 Å². The van der Waals surface area contributed by atoms with Gasteiger partial charge in [0.1, 0.15) is 0 Å². The number of hydrogen-bond acceptors (Lipinski definition) is 4. The number of benzene rings is 3. The Morgan fingerprint density at radius 3 is 2.17 bits per heavy atom. The van der Waals surface area contributed by atoms with E-state index in [1.165, 1.54) is 0 Å². The van der Waals surface area contributed by atoms with Crippen molar-refractivity contribution in [2.75, 3.05) is 48.8 Å². The van der Waals surface area contributed by atoms with Gasteiger partial charge < -0.3 is 20.4 Å². The van der Waals surface area contributed by atoms with Crippen LogP contribution in [0.5, 0.6) is 0 Å². The summed E-state index contributed by atoms with van der Waals surface area (Å²) in [6.45, 7) is 4.03. The first kappa shape index (κ1) is 19.0. The van der Waals surface area contributed by atoms with E-state index >= 15 is 0 Å². The second-order valence-electron chi connectivity index (χ2n) is 7.27. The van der Waals surface area contributed by atoms with Crippen LogP contribution in [0.1, 0.15) is 0 Å². The molecule has 2 N–H and O–H groups in total. The van der Waals surface area contributed by atoms with Crippen molar-refractivity contribution >= 4 is 39.6 Å². The summed E-state index contributed by atoms with van der Waals surface area (Å²) in [5.74, 6) is -1.38. The van der Waals surface area contributed by atoms with Crippen molar-refractivity contribution < 1.29 is 9.59 Å². The molecule has 3 aromatic carbocycles. The molecule has 0 aliphatic carbocycles. The first-order valence-electron chi connectivity index (χ1n) is 9.74. The molecule has 1 aliphatic rings. The first-order valence-corrected chi connectivity index (χ1v) is 9.74. The largest absolute Gasteiger partial charge is 0.369 e. The van der Waals surface area contributed by atoms with Crippen molar-refractivity contribution in [1.29, 1.82) is 0 Å². The zero-order valence-electron chi connectivity index (χ0n) is 16.4. The molecule has 0 radical (unpaired) electrons. The molecule has 2 amide bonds. The predicted octanol–water partition coefficient (Wildman–Crippen LogP) is 3.17. The maximum Gasteiger partial charge on any atom is 0.314 e. The number of amides is 2. The Hall–Kier alpha value is -3.38. The second-order valence-corrected chi connectivity index (χ2v) is 7.27. The lowest BCUT2D eigenvalue weighted by molar-refractivity contribution is -0.132. The molecule has 1 aliphatic heterocycles. The number of carbonyl (C=O) groups is 2. The molecule has 6 nitrogen and oxygen atoms in total. The summed E-state index contributed by atoms with van der Waals surface area (Å²) in [5, 5.41) is 7.28. The van der Waals surface area contributed by atoms with Gasteiger partial charge in [0.15, 0.2) is 0 Å². The number of nitrogens with one attached hydrogen (secondary N) is 2. The standard InChI is InChI=1S/C23H24N4O2/c1-26-13-15-27(16-14-26)19-11-9-18(10-12-19)24-22(28)23(29)25-21-8-4-6-17-5-2-3-7-20(17)21/h2-12H,13-16H2,1H3,(H,24,28)(H,25,29). The number of carbonyl (C=O) groups excluding carboxylic acids is 2. The molecular weight excluding hydrogens is 364 g/mol. The van der Waals surface area contributed by atoms with Gasteiger partial charge in [0.2, 0.25) is 0 Å². The Bertz CT molecular complexity index is 1020. The number of fused-ring (bicyclic) bond motifs is 1. The highest BCUT2D eigenvalue weighted by Crippen LogP contribution is 2.23. The van der Waals surface area contributed by atoms with E-state index in [4.69, 9.17) is 0 Å². The van der Waals surface area contributed by atoms with Crippen molar-refractivity contribution in [3.8, 4) is 0 Å². The molecule has 0 atom stereocenters. The summed E-state index contributed by atoms with van der Waals surface area (Å²) >= 11 is 0. The zero-order valence-corrected chi connectivity index (χ0v) is 16.4. The van der Waals surface area contributed by atoms with Crippen molar-refractivity contribution in [2.45, 2.75) is 0 Å². The normalized spacial score (nSPS) is 14.6. The second kappa shape index (κ2) is 8.32. The molecule has 3 aromatic rings. The van der Waals surface area contributed by atoms with E-state index in [2.05, 4.69) is 27.5 Å². The Morgan fingerprint density at radius 1 is 0.759 bits per heavy atom. The molecule has 0 saturated carbocycles. The molecule has 0 unspecified atom stereocenters. The Balaban J connectivity index is 1.39. The van der Waals surface area contributed by atoms with Crippen LogP contribution < -0.4 is 15.5 Å². The minimum atomic E-state index is -0.690. The topological polar surface area (TPSA) is 64.7 Å². The fourth-order valence-electron chi connectivity index (χ4n) is 3.52. The van der Waals surface area contributed by atoms with Crippen LogP contribution in [-0.4, -0.2) is 49.9 Å². The SMILES string of the molecule is CN1CCN(c2ccc(NC(=O)C(=O)Nc3cccc4ccccc34)cc2)CC1. The number of piperazine rings is 1. The monoisotopic (exact) mass is 388 g/mol. The predicted molar refractivity (Wildman–Crippen MR) is 117 cm³/mol.